The van der Waals surface area contributed by atoms with Gasteiger partial charge in [-0.1, -0.05) is 25.9 Å². The molecule has 6 heteroatoms. The Morgan fingerprint density at radius 1 is 1.35 bits per heavy atom. The predicted octanol–water partition coefficient (Wildman–Crippen LogP) is 1.34. The van der Waals surface area contributed by atoms with Gasteiger partial charge in [-0.2, -0.15) is 4.98 Å². The van der Waals surface area contributed by atoms with Crippen molar-refractivity contribution >= 4 is 0 Å². The van der Waals surface area contributed by atoms with Gasteiger partial charge in [0.15, 0.2) is 5.82 Å². The van der Waals surface area contributed by atoms with Crippen molar-refractivity contribution in [3.05, 3.63) is 11.7 Å². The van der Waals surface area contributed by atoms with Crippen molar-refractivity contribution in [1.29, 1.82) is 0 Å². The summed E-state index contributed by atoms with van der Waals surface area (Å²) in [6.45, 7) is 9.38. The van der Waals surface area contributed by atoms with Crippen LogP contribution in [-0.2, 0) is 16.7 Å². The van der Waals surface area contributed by atoms with Gasteiger partial charge in [-0.3, -0.25) is 4.90 Å². The van der Waals surface area contributed by atoms with Crippen LogP contribution >= 0.6 is 0 Å². The number of piperidine rings is 1. The van der Waals surface area contributed by atoms with Gasteiger partial charge in [0.1, 0.15) is 0 Å². The number of hydrogen-bond acceptors (Lipinski definition) is 6. The molecule has 0 spiro atoms. The summed E-state index contributed by atoms with van der Waals surface area (Å²) in [5.74, 6) is 1.44. The number of aliphatic hydroxyl groups excluding tert-OH is 1. The van der Waals surface area contributed by atoms with Crippen LogP contribution in [0, 0.1) is 0 Å². The van der Waals surface area contributed by atoms with Crippen molar-refractivity contribution < 1.29 is 14.4 Å². The maximum atomic E-state index is 8.75. The third-order valence-corrected chi connectivity index (χ3v) is 3.48. The summed E-state index contributed by atoms with van der Waals surface area (Å²) in [5, 5.41) is 12.8. The maximum absolute atomic E-state index is 8.75. The van der Waals surface area contributed by atoms with E-state index in [4.69, 9.17) is 14.4 Å². The fourth-order valence-corrected chi connectivity index (χ4v) is 2.27. The molecular weight excluding hydrogens is 258 g/mol. The zero-order valence-corrected chi connectivity index (χ0v) is 12.6. The van der Waals surface area contributed by atoms with Crippen LogP contribution in [0.4, 0.5) is 0 Å². The molecule has 114 valence electrons. The minimum atomic E-state index is -0.0765. The lowest BCUT2D eigenvalue weighted by molar-refractivity contribution is -0.0104. The molecule has 6 nitrogen and oxygen atoms in total. The summed E-state index contributed by atoms with van der Waals surface area (Å²) in [6, 6.07) is 0. The molecule has 1 saturated heterocycles. The Balaban J connectivity index is 1.79. The lowest BCUT2D eigenvalue weighted by Crippen LogP contribution is -2.37. The van der Waals surface area contributed by atoms with E-state index in [0.717, 1.165) is 31.8 Å². The third-order valence-electron chi connectivity index (χ3n) is 3.48. The van der Waals surface area contributed by atoms with Crippen molar-refractivity contribution in [2.75, 3.05) is 26.3 Å². The van der Waals surface area contributed by atoms with E-state index < -0.39 is 0 Å². The van der Waals surface area contributed by atoms with E-state index in [2.05, 4.69) is 35.8 Å². The van der Waals surface area contributed by atoms with Crippen molar-refractivity contribution in [3.8, 4) is 0 Å². The van der Waals surface area contributed by atoms with E-state index in [1.807, 2.05) is 0 Å². The SMILES string of the molecule is CC(C)(C)c1noc(CN2CCC(OCCO)CC2)n1. The Morgan fingerprint density at radius 3 is 2.60 bits per heavy atom. The summed E-state index contributed by atoms with van der Waals surface area (Å²) in [6.07, 6.45) is 2.24. The number of rotatable bonds is 5. The smallest absolute Gasteiger partial charge is 0.240 e. The lowest BCUT2D eigenvalue weighted by atomic mass is 9.96. The summed E-state index contributed by atoms with van der Waals surface area (Å²) in [5.41, 5.74) is -0.0765. The Kier molecular flexibility index (Phi) is 5.12. The molecule has 0 saturated carbocycles. The van der Waals surface area contributed by atoms with Crippen LogP contribution in [-0.4, -0.2) is 52.6 Å². The molecule has 2 heterocycles. The molecule has 1 aliphatic rings. The van der Waals surface area contributed by atoms with Crippen molar-refractivity contribution in [2.45, 2.75) is 51.7 Å². The highest BCUT2D eigenvalue weighted by Gasteiger charge is 2.24. The molecule has 0 bridgehead atoms. The molecule has 0 unspecified atom stereocenters. The Bertz CT molecular complexity index is 406. The quantitative estimate of drug-likeness (QED) is 0.879. The number of aliphatic hydroxyl groups is 1. The zero-order chi connectivity index (χ0) is 14.6. The Labute approximate surface area is 120 Å². The average molecular weight is 283 g/mol. The minimum Gasteiger partial charge on any atom is -0.394 e. The van der Waals surface area contributed by atoms with Crippen LogP contribution < -0.4 is 0 Å². The molecule has 1 aliphatic heterocycles. The van der Waals surface area contributed by atoms with Crippen molar-refractivity contribution in [1.82, 2.24) is 15.0 Å². The summed E-state index contributed by atoms with van der Waals surface area (Å²) in [7, 11) is 0. The fourth-order valence-electron chi connectivity index (χ4n) is 2.27. The topological polar surface area (TPSA) is 71.6 Å². The van der Waals surface area contributed by atoms with Crippen LogP contribution in [0.2, 0.25) is 0 Å². The first kappa shape index (κ1) is 15.4. The molecule has 1 fully saturated rings. The van der Waals surface area contributed by atoms with Gasteiger partial charge in [-0.05, 0) is 12.8 Å². The summed E-state index contributed by atoms with van der Waals surface area (Å²) >= 11 is 0. The summed E-state index contributed by atoms with van der Waals surface area (Å²) < 4.78 is 10.9. The van der Waals surface area contributed by atoms with Gasteiger partial charge in [0.2, 0.25) is 5.89 Å². The van der Waals surface area contributed by atoms with Crippen LogP contribution in [0.1, 0.15) is 45.3 Å². The first-order valence-corrected chi connectivity index (χ1v) is 7.27. The van der Waals surface area contributed by atoms with Gasteiger partial charge in [-0.15, -0.1) is 0 Å². The molecule has 0 atom stereocenters. The standard InChI is InChI=1S/C14H25N3O3/c1-14(2,3)13-15-12(20-16-13)10-17-6-4-11(5-7-17)19-9-8-18/h11,18H,4-10H2,1-3H3. The number of likely N-dealkylation sites (tertiary alicyclic amines) is 1. The molecule has 20 heavy (non-hydrogen) atoms. The van der Waals surface area contributed by atoms with Crippen LogP contribution in [0.25, 0.3) is 0 Å². The van der Waals surface area contributed by atoms with E-state index in [0.29, 0.717) is 19.0 Å². The van der Waals surface area contributed by atoms with Crippen molar-refractivity contribution in [2.24, 2.45) is 0 Å². The highest BCUT2D eigenvalue weighted by molar-refractivity contribution is 5.00. The monoisotopic (exact) mass is 283 g/mol. The van der Waals surface area contributed by atoms with E-state index in [9.17, 15) is 0 Å². The van der Waals surface area contributed by atoms with Gasteiger partial charge in [0.05, 0.1) is 25.9 Å². The van der Waals surface area contributed by atoms with Crippen LogP contribution in [0.3, 0.4) is 0 Å². The van der Waals surface area contributed by atoms with Gasteiger partial charge in [0, 0.05) is 18.5 Å². The Hall–Kier alpha value is -0.980. The van der Waals surface area contributed by atoms with E-state index in [1.54, 1.807) is 0 Å². The molecule has 0 aromatic carbocycles. The molecule has 0 aliphatic carbocycles. The fraction of sp³-hybridized carbons (Fsp3) is 0.857. The van der Waals surface area contributed by atoms with Gasteiger partial charge < -0.3 is 14.4 Å². The highest BCUT2D eigenvalue weighted by Crippen LogP contribution is 2.20. The van der Waals surface area contributed by atoms with Crippen LogP contribution in [0.5, 0.6) is 0 Å². The van der Waals surface area contributed by atoms with E-state index >= 15 is 0 Å². The molecule has 1 aromatic heterocycles. The number of aromatic nitrogens is 2. The predicted molar refractivity (Wildman–Crippen MR) is 74.3 cm³/mol. The largest absolute Gasteiger partial charge is 0.394 e. The van der Waals surface area contributed by atoms with Gasteiger partial charge >= 0.3 is 0 Å². The number of hydrogen-bond donors (Lipinski definition) is 1. The Morgan fingerprint density at radius 2 is 2.05 bits per heavy atom. The van der Waals surface area contributed by atoms with Gasteiger partial charge in [-0.25, -0.2) is 0 Å². The van der Waals surface area contributed by atoms with Crippen LogP contribution in [0.15, 0.2) is 4.52 Å². The molecule has 0 radical (unpaired) electrons. The number of ether oxygens (including phenoxy) is 1. The zero-order valence-electron chi connectivity index (χ0n) is 12.6. The van der Waals surface area contributed by atoms with Crippen molar-refractivity contribution in [3.63, 3.8) is 0 Å². The minimum absolute atomic E-state index is 0.0765. The van der Waals surface area contributed by atoms with E-state index in [-0.39, 0.29) is 18.1 Å². The second-order valence-electron chi connectivity index (χ2n) is 6.33. The van der Waals surface area contributed by atoms with E-state index in [1.165, 1.54) is 0 Å². The lowest BCUT2D eigenvalue weighted by Gasteiger charge is -2.30. The average Bonchev–Trinajstić information content (AvgIpc) is 2.86. The molecule has 1 N–H and O–H groups in total. The normalized spacial score (nSPS) is 18.6. The first-order valence-electron chi connectivity index (χ1n) is 7.27. The maximum Gasteiger partial charge on any atom is 0.240 e. The first-order chi connectivity index (χ1) is 9.49. The molecular formula is C14H25N3O3. The molecule has 0 amide bonds. The molecule has 1 aromatic rings. The number of nitrogens with zero attached hydrogens (tertiary/aromatic N) is 3. The van der Waals surface area contributed by atoms with Gasteiger partial charge in [0.25, 0.3) is 0 Å². The second kappa shape index (κ2) is 6.65. The third kappa shape index (κ3) is 4.26. The molecule has 2 rings (SSSR count). The summed E-state index contributed by atoms with van der Waals surface area (Å²) in [4.78, 5) is 6.76. The highest BCUT2D eigenvalue weighted by atomic mass is 16.5. The second-order valence-corrected chi connectivity index (χ2v) is 6.33.